The summed E-state index contributed by atoms with van der Waals surface area (Å²) in [4.78, 5) is 31.6. The fourth-order valence-electron chi connectivity index (χ4n) is 5.09. The second-order valence-corrected chi connectivity index (χ2v) is 10.4. The number of nitrogens with one attached hydrogen (secondary N) is 2. The number of ketones is 1. The van der Waals surface area contributed by atoms with Crippen LogP contribution in [-0.2, 0) is 17.9 Å². The van der Waals surface area contributed by atoms with Crippen LogP contribution < -0.4 is 5.32 Å². The van der Waals surface area contributed by atoms with Crippen LogP contribution in [0.25, 0.3) is 16.5 Å². The average molecular weight is 526 g/mol. The molecule has 2 aromatic heterocycles. The van der Waals surface area contributed by atoms with Gasteiger partial charge in [-0.05, 0) is 73.5 Å². The van der Waals surface area contributed by atoms with Crippen molar-refractivity contribution in [3.8, 4) is 0 Å². The lowest BCUT2D eigenvalue weighted by atomic mass is 9.98. The third-order valence-electron chi connectivity index (χ3n) is 7.10. The first kappa shape index (κ1) is 24.4. The topological polar surface area (TPSA) is 83.0 Å². The smallest absolute Gasteiger partial charge is 0.258 e. The van der Waals surface area contributed by atoms with Gasteiger partial charge in [0.25, 0.3) is 5.91 Å². The van der Waals surface area contributed by atoms with E-state index in [1.165, 1.54) is 18.4 Å². The van der Waals surface area contributed by atoms with Gasteiger partial charge in [0, 0.05) is 46.4 Å². The first-order valence-corrected chi connectivity index (χ1v) is 13.3. The van der Waals surface area contributed by atoms with Crippen LogP contribution in [-0.4, -0.2) is 44.4 Å². The van der Waals surface area contributed by atoms with E-state index in [-0.39, 0.29) is 18.1 Å². The van der Waals surface area contributed by atoms with Crippen molar-refractivity contribution in [1.29, 1.82) is 0 Å². The van der Waals surface area contributed by atoms with Crippen molar-refractivity contribution in [3.63, 3.8) is 0 Å². The molecule has 2 aliphatic rings. The number of amides is 1. The predicted molar refractivity (Wildman–Crippen MR) is 149 cm³/mol. The van der Waals surface area contributed by atoms with E-state index in [4.69, 9.17) is 11.6 Å². The number of hydrogen-bond donors (Lipinski definition) is 2. The van der Waals surface area contributed by atoms with Crippen molar-refractivity contribution >= 4 is 39.8 Å². The Balaban J connectivity index is 1.15. The zero-order chi connectivity index (χ0) is 26.1. The molecule has 4 aromatic rings. The second-order valence-electron chi connectivity index (χ2n) is 9.94. The molecule has 1 aliphatic heterocycles. The summed E-state index contributed by atoms with van der Waals surface area (Å²) >= 11 is 5.96. The van der Waals surface area contributed by atoms with E-state index in [0.29, 0.717) is 28.4 Å². The van der Waals surface area contributed by atoms with Crippen LogP contribution in [0.1, 0.15) is 46.4 Å². The number of benzene rings is 2. The van der Waals surface area contributed by atoms with Gasteiger partial charge in [0.1, 0.15) is 0 Å². The highest BCUT2D eigenvalue weighted by Gasteiger charge is 2.20. The molecule has 0 bridgehead atoms. The Kier molecular flexibility index (Phi) is 6.70. The zero-order valence-electron chi connectivity index (χ0n) is 20.9. The Hall–Kier alpha value is -3.94. The predicted octanol–water partition coefficient (Wildman–Crippen LogP) is 5.33. The Bertz CT molecular complexity index is 1570. The summed E-state index contributed by atoms with van der Waals surface area (Å²) in [6.45, 7) is 3.79. The summed E-state index contributed by atoms with van der Waals surface area (Å²) in [6, 6.07) is 16.0. The minimum Gasteiger partial charge on any atom is -0.354 e. The van der Waals surface area contributed by atoms with Gasteiger partial charge < -0.3 is 10.3 Å². The van der Waals surface area contributed by atoms with E-state index in [2.05, 4.69) is 38.5 Å². The SMILES string of the molecule is O=C1CC=C(NC(=O)c2cnn(Cc3ccc(Cl)cc3)c2)C=C1c1cc2cc(CN3CCCC3)ccc2[nH]1. The normalized spacial score (nSPS) is 16.1. The third kappa shape index (κ3) is 5.35. The lowest BCUT2D eigenvalue weighted by Gasteiger charge is -2.14. The number of Topliss-reactive ketones (excluding diaryl/α,β-unsaturated/α-hetero) is 1. The van der Waals surface area contributed by atoms with Crippen LogP contribution in [0.4, 0.5) is 0 Å². The van der Waals surface area contributed by atoms with Crippen LogP contribution in [0.15, 0.2) is 78.8 Å². The molecule has 38 heavy (non-hydrogen) atoms. The van der Waals surface area contributed by atoms with Crippen molar-refractivity contribution in [2.75, 3.05) is 13.1 Å². The molecule has 0 spiro atoms. The molecule has 0 saturated carbocycles. The van der Waals surface area contributed by atoms with Gasteiger partial charge >= 0.3 is 0 Å². The number of H-pyrrole nitrogens is 1. The maximum absolute atomic E-state index is 12.9. The van der Waals surface area contributed by atoms with Crippen LogP contribution >= 0.6 is 11.6 Å². The third-order valence-corrected chi connectivity index (χ3v) is 7.35. The summed E-state index contributed by atoms with van der Waals surface area (Å²) in [5.41, 5.74) is 5.68. The molecular weight excluding hydrogens is 498 g/mol. The Morgan fingerprint density at radius 1 is 1.03 bits per heavy atom. The van der Waals surface area contributed by atoms with Gasteiger partial charge in [0.05, 0.1) is 24.0 Å². The summed E-state index contributed by atoms with van der Waals surface area (Å²) in [7, 11) is 0. The Morgan fingerprint density at radius 3 is 2.63 bits per heavy atom. The molecule has 0 unspecified atom stereocenters. The summed E-state index contributed by atoms with van der Waals surface area (Å²) in [5, 5.41) is 9.00. The zero-order valence-corrected chi connectivity index (χ0v) is 21.7. The number of likely N-dealkylation sites (tertiary alicyclic amines) is 1. The number of hydrogen-bond acceptors (Lipinski definition) is 4. The van der Waals surface area contributed by atoms with Crippen LogP contribution in [0.3, 0.4) is 0 Å². The summed E-state index contributed by atoms with van der Waals surface area (Å²) in [6.07, 6.45) is 9.52. The summed E-state index contributed by atoms with van der Waals surface area (Å²) < 4.78 is 1.71. The van der Waals surface area contributed by atoms with E-state index >= 15 is 0 Å². The lowest BCUT2D eigenvalue weighted by Crippen LogP contribution is -2.23. The molecule has 0 atom stereocenters. The minimum atomic E-state index is -0.272. The van der Waals surface area contributed by atoms with Crippen molar-refractivity contribution in [2.45, 2.75) is 32.4 Å². The molecule has 1 amide bonds. The standard InChI is InChI=1S/C30H28ClN5O2/c31-24-6-3-20(4-7-24)18-36-19-23(16-32-36)30(38)33-25-8-10-29(37)26(15-25)28-14-22-13-21(5-9-27(22)34-28)17-35-11-1-2-12-35/h3-9,13-16,19,34H,1-2,10-12,17-18H2,(H,33,38). The summed E-state index contributed by atoms with van der Waals surface area (Å²) in [5.74, 6) is -0.255. The van der Waals surface area contributed by atoms with E-state index in [0.717, 1.165) is 41.8 Å². The Labute approximate surface area is 225 Å². The second kappa shape index (κ2) is 10.4. The van der Waals surface area contributed by atoms with Gasteiger partial charge in [-0.3, -0.25) is 19.2 Å². The number of halogens is 1. The molecule has 3 heterocycles. The van der Waals surface area contributed by atoms with Crippen molar-refractivity contribution in [2.24, 2.45) is 0 Å². The molecule has 192 valence electrons. The van der Waals surface area contributed by atoms with E-state index in [9.17, 15) is 9.59 Å². The monoisotopic (exact) mass is 525 g/mol. The number of carbonyl (C=O) groups is 2. The molecule has 1 aliphatic carbocycles. The molecule has 1 saturated heterocycles. The van der Waals surface area contributed by atoms with Crippen molar-refractivity contribution in [3.05, 3.63) is 106 Å². The molecule has 0 radical (unpaired) electrons. The van der Waals surface area contributed by atoms with Crippen LogP contribution in [0.2, 0.25) is 5.02 Å². The molecule has 2 aromatic carbocycles. The lowest BCUT2D eigenvalue weighted by molar-refractivity contribution is -0.113. The first-order chi connectivity index (χ1) is 18.5. The largest absolute Gasteiger partial charge is 0.354 e. The van der Waals surface area contributed by atoms with Crippen molar-refractivity contribution < 1.29 is 9.59 Å². The number of allylic oxidation sites excluding steroid dienone is 3. The number of carbonyl (C=O) groups excluding carboxylic acids is 2. The average Bonchev–Trinajstić information content (AvgIpc) is 3.68. The highest BCUT2D eigenvalue weighted by Crippen LogP contribution is 2.27. The van der Waals surface area contributed by atoms with Gasteiger partial charge in [0.15, 0.2) is 5.78 Å². The quantitative estimate of drug-likeness (QED) is 0.341. The fraction of sp³-hybridized carbons (Fsp3) is 0.233. The van der Waals surface area contributed by atoms with E-state index < -0.39 is 0 Å². The minimum absolute atomic E-state index is 0.0163. The number of aromatic amines is 1. The Morgan fingerprint density at radius 2 is 1.82 bits per heavy atom. The number of aromatic nitrogens is 3. The van der Waals surface area contributed by atoms with Gasteiger partial charge in [-0.1, -0.05) is 35.9 Å². The van der Waals surface area contributed by atoms with Gasteiger partial charge in [-0.15, -0.1) is 0 Å². The van der Waals surface area contributed by atoms with E-state index in [1.54, 1.807) is 29.2 Å². The van der Waals surface area contributed by atoms with Crippen molar-refractivity contribution in [1.82, 2.24) is 25.0 Å². The number of rotatable bonds is 7. The van der Waals surface area contributed by atoms with Crippen LogP contribution in [0.5, 0.6) is 0 Å². The maximum Gasteiger partial charge on any atom is 0.258 e. The highest BCUT2D eigenvalue weighted by molar-refractivity contribution is 6.30. The molecule has 2 N–H and O–H groups in total. The highest BCUT2D eigenvalue weighted by atomic mass is 35.5. The molecule has 1 fully saturated rings. The van der Waals surface area contributed by atoms with Gasteiger partial charge in [-0.2, -0.15) is 5.10 Å². The molecule has 8 heteroatoms. The van der Waals surface area contributed by atoms with Gasteiger partial charge in [0.2, 0.25) is 0 Å². The van der Waals surface area contributed by atoms with E-state index in [1.807, 2.05) is 30.3 Å². The van der Waals surface area contributed by atoms with Crippen LogP contribution in [0, 0.1) is 0 Å². The molecule has 6 rings (SSSR count). The van der Waals surface area contributed by atoms with Gasteiger partial charge in [-0.25, -0.2) is 0 Å². The maximum atomic E-state index is 12.9. The molecule has 7 nitrogen and oxygen atoms in total. The first-order valence-electron chi connectivity index (χ1n) is 12.9. The fourth-order valence-corrected chi connectivity index (χ4v) is 5.22. The molecular formula is C30H28ClN5O2. The number of nitrogens with zero attached hydrogens (tertiary/aromatic N) is 3. The number of fused-ring (bicyclic) bond motifs is 1.